The average molecular weight is 293 g/mol. The molecule has 1 unspecified atom stereocenters. The molecule has 0 aliphatic heterocycles. The molecule has 106 valence electrons. The molecule has 2 heteroatoms. The van der Waals surface area contributed by atoms with Crippen LogP contribution >= 0.6 is 11.8 Å². The molecule has 2 aromatic rings. The molecule has 1 atom stereocenters. The summed E-state index contributed by atoms with van der Waals surface area (Å²) in [6.45, 7) is 0.644. The van der Waals surface area contributed by atoms with Crippen molar-refractivity contribution in [3.05, 3.63) is 65.2 Å². The molecule has 1 aliphatic rings. The third-order valence-corrected chi connectivity index (χ3v) is 5.09. The third kappa shape index (κ3) is 3.32. The second-order valence-electron chi connectivity index (χ2n) is 5.27. The van der Waals surface area contributed by atoms with Crippen molar-refractivity contribution in [2.45, 2.75) is 29.5 Å². The number of nitrogens with one attached hydrogen (secondary N) is 1. The number of hydrogen-bond donors (Lipinski definition) is 1. The van der Waals surface area contributed by atoms with Gasteiger partial charge in [0, 0.05) is 16.7 Å². The standard InChI is InChI=1S/C19H19NS/c1-2-13-20-18-12-11-17-16(18)9-6-10-19(17)21-14-15-7-4-3-5-8-15/h1,3-10,18,20H,11-14H2. The molecule has 0 fully saturated rings. The molecule has 2 aromatic carbocycles. The topological polar surface area (TPSA) is 12.0 Å². The molecule has 0 aromatic heterocycles. The van der Waals surface area contributed by atoms with Gasteiger partial charge in [-0.2, -0.15) is 0 Å². The normalized spacial score (nSPS) is 16.4. The molecule has 1 nitrogen and oxygen atoms in total. The van der Waals surface area contributed by atoms with Gasteiger partial charge >= 0.3 is 0 Å². The van der Waals surface area contributed by atoms with Crippen LogP contribution < -0.4 is 5.32 Å². The van der Waals surface area contributed by atoms with Crippen LogP contribution in [-0.2, 0) is 12.2 Å². The van der Waals surface area contributed by atoms with E-state index in [-0.39, 0.29) is 0 Å². The van der Waals surface area contributed by atoms with Gasteiger partial charge in [-0.05, 0) is 35.6 Å². The average Bonchev–Trinajstić information content (AvgIpc) is 2.95. The van der Waals surface area contributed by atoms with E-state index in [2.05, 4.69) is 59.8 Å². The van der Waals surface area contributed by atoms with Crippen LogP contribution in [0, 0.1) is 12.3 Å². The van der Waals surface area contributed by atoms with Gasteiger partial charge in [0.1, 0.15) is 0 Å². The van der Waals surface area contributed by atoms with Gasteiger partial charge in [-0.1, -0.05) is 48.4 Å². The van der Waals surface area contributed by atoms with Gasteiger partial charge in [0.2, 0.25) is 0 Å². The Bertz CT molecular complexity index is 642. The molecular weight excluding hydrogens is 274 g/mol. The molecule has 0 saturated heterocycles. The highest BCUT2D eigenvalue weighted by Gasteiger charge is 2.23. The van der Waals surface area contributed by atoms with Crippen molar-refractivity contribution < 1.29 is 0 Å². The maximum atomic E-state index is 5.35. The molecule has 21 heavy (non-hydrogen) atoms. The Hall–Kier alpha value is -1.69. The Morgan fingerprint density at radius 1 is 1.14 bits per heavy atom. The summed E-state index contributed by atoms with van der Waals surface area (Å²) in [7, 11) is 0. The summed E-state index contributed by atoms with van der Waals surface area (Å²) in [5.41, 5.74) is 4.32. The quantitative estimate of drug-likeness (QED) is 0.655. The van der Waals surface area contributed by atoms with E-state index >= 15 is 0 Å². The van der Waals surface area contributed by atoms with Crippen molar-refractivity contribution in [1.82, 2.24) is 5.32 Å². The summed E-state index contributed by atoms with van der Waals surface area (Å²) in [6, 6.07) is 17.7. The van der Waals surface area contributed by atoms with Crippen LogP contribution in [0.3, 0.4) is 0 Å². The Balaban J connectivity index is 1.73. The highest BCUT2D eigenvalue weighted by Crippen LogP contribution is 2.38. The van der Waals surface area contributed by atoms with Gasteiger partial charge in [-0.25, -0.2) is 0 Å². The third-order valence-electron chi connectivity index (χ3n) is 3.92. The van der Waals surface area contributed by atoms with Gasteiger partial charge in [0.15, 0.2) is 0 Å². The van der Waals surface area contributed by atoms with Crippen molar-refractivity contribution in [2.75, 3.05) is 6.54 Å². The summed E-state index contributed by atoms with van der Waals surface area (Å²) in [4.78, 5) is 1.42. The lowest BCUT2D eigenvalue weighted by molar-refractivity contribution is 0.568. The second-order valence-corrected chi connectivity index (χ2v) is 6.29. The second kappa shape index (κ2) is 6.85. The van der Waals surface area contributed by atoms with Crippen LogP contribution in [0.25, 0.3) is 0 Å². The molecule has 0 radical (unpaired) electrons. The molecular formula is C19H19NS. The molecule has 1 N–H and O–H groups in total. The smallest absolute Gasteiger partial charge is 0.0578 e. The molecule has 0 bridgehead atoms. The number of rotatable bonds is 5. The van der Waals surface area contributed by atoms with Crippen molar-refractivity contribution in [3.63, 3.8) is 0 Å². The van der Waals surface area contributed by atoms with Gasteiger partial charge in [-0.15, -0.1) is 18.2 Å². The van der Waals surface area contributed by atoms with E-state index in [1.807, 2.05) is 11.8 Å². The molecule has 3 rings (SSSR count). The largest absolute Gasteiger partial charge is 0.299 e. The molecule has 0 spiro atoms. The summed E-state index contributed by atoms with van der Waals surface area (Å²) in [6.07, 6.45) is 7.65. The minimum Gasteiger partial charge on any atom is -0.299 e. The van der Waals surface area contributed by atoms with E-state index in [1.54, 1.807) is 0 Å². The lowest BCUT2D eigenvalue weighted by Crippen LogP contribution is -2.19. The van der Waals surface area contributed by atoms with Gasteiger partial charge in [0.05, 0.1) is 6.54 Å². The first-order valence-electron chi connectivity index (χ1n) is 7.34. The Morgan fingerprint density at radius 2 is 2.00 bits per heavy atom. The summed E-state index contributed by atoms with van der Waals surface area (Å²) in [5.74, 6) is 3.70. The summed E-state index contributed by atoms with van der Waals surface area (Å²) in [5, 5.41) is 3.44. The zero-order valence-corrected chi connectivity index (χ0v) is 12.8. The van der Waals surface area contributed by atoms with Crippen molar-refractivity contribution in [2.24, 2.45) is 0 Å². The van der Waals surface area contributed by atoms with Gasteiger partial charge < -0.3 is 0 Å². The van der Waals surface area contributed by atoms with Crippen molar-refractivity contribution in [1.29, 1.82) is 0 Å². The van der Waals surface area contributed by atoms with E-state index in [0.29, 0.717) is 12.6 Å². The van der Waals surface area contributed by atoms with E-state index in [0.717, 1.165) is 18.6 Å². The SMILES string of the molecule is C#CCNC1CCc2c(SCc3ccccc3)cccc21. The first-order chi connectivity index (χ1) is 10.4. The predicted octanol–water partition coefficient (Wildman–Crippen LogP) is 4.19. The molecule has 0 amide bonds. The lowest BCUT2D eigenvalue weighted by Gasteiger charge is -2.13. The van der Waals surface area contributed by atoms with Crippen LogP contribution in [0.4, 0.5) is 0 Å². The highest BCUT2D eigenvalue weighted by molar-refractivity contribution is 7.98. The highest BCUT2D eigenvalue weighted by atomic mass is 32.2. The van der Waals surface area contributed by atoms with Crippen LogP contribution in [0.1, 0.15) is 29.2 Å². The minimum absolute atomic E-state index is 0.424. The molecule has 1 aliphatic carbocycles. The zero-order chi connectivity index (χ0) is 14.5. The van der Waals surface area contributed by atoms with Crippen LogP contribution in [-0.4, -0.2) is 6.54 Å². The Kier molecular flexibility index (Phi) is 4.65. The van der Waals surface area contributed by atoms with Gasteiger partial charge in [-0.3, -0.25) is 5.32 Å². The Morgan fingerprint density at radius 3 is 2.81 bits per heavy atom. The van der Waals surface area contributed by atoms with Crippen LogP contribution in [0.15, 0.2) is 53.4 Å². The minimum atomic E-state index is 0.424. The number of benzene rings is 2. The fourth-order valence-electron chi connectivity index (χ4n) is 2.89. The monoisotopic (exact) mass is 293 g/mol. The number of fused-ring (bicyclic) bond motifs is 1. The van der Waals surface area contributed by atoms with E-state index in [1.165, 1.54) is 21.6 Å². The number of terminal acetylenes is 1. The predicted molar refractivity (Wildman–Crippen MR) is 90.3 cm³/mol. The number of thioether (sulfide) groups is 1. The van der Waals surface area contributed by atoms with Crippen LogP contribution in [0.5, 0.6) is 0 Å². The number of hydrogen-bond acceptors (Lipinski definition) is 2. The fraction of sp³-hybridized carbons (Fsp3) is 0.263. The maximum absolute atomic E-state index is 5.35. The maximum Gasteiger partial charge on any atom is 0.0578 e. The summed E-state index contributed by atoms with van der Waals surface area (Å²) >= 11 is 1.94. The fourth-order valence-corrected chi connectivity index (χ4v) is 3.97. The van der Waals surface area contributed by atoms with Crippen LogP contribution in [0.2, 0.25) is 0 Å². The lowest BCUT2D eigenvalue weighted by atomic mass is 10.1. The first-order valence-corrected chi connectivity index (χ1v) is 8.32. The van der Waals surface area contributed by atoms with E-state index in [9.17, 15) is 0 Å². The summed E-state index contributed by atoms with van der Waals surface area (Å²) < 4.78 is 0. The van der Waals surface area contributed by atoms with Crippen molar-refractivity contribution >= 4 is 11.8 Å². The molecule has 0 saturated carbocycles. The molecule has 0 heterocycles. The van der Waals surface area contributed by atoms with E-state index < -0.39 is 0 Å². The van der Waals surface area contributed by atoms with Crippen molar-refractivity contribution in [3.8, 4) is 12.3 Å². The van der Waals surface area contributed by atoms with E-state index in [4.69, 9.17) is 6.42 Å². The Labute approximate surface area is 131 Å². The zero-order valence-electron chi connectivity index (χ0n) is 12.0. The van der Waals surface area contributed by atoms with Gasteiger partial charge in [0.25, 0.3) is 0 Å². The first kappa shape index (κ1) is 14.3.